The average molecular weight is 420 g/mol. The van der Waals surface area contributed by atoms with Crippen LogP contribution in [0.4, 0.5) is 11.5 Å². The fourth-order valence-electron chi connectivity index (χ4n) is 2.60. The fourth-order valence-corrected chi connectivity index (χ4v) is 3.15. The van der Waals surface area contributed by atoms with E-state index in [9.17, 15) is 14.4 Å². The second-order valence-corrected chi connectivity index (χ2v) is 7.07. The van der Waals surface area contributed by atoms with Crippen LogP contribution in [0.15, 0.2) is 35.4 Å². The summed E-state index contributed by atoms with van der Waals surface area (Å²) in [7, 11) is 3.27. The van der Waals surface area contributed by atoms with E-state index < -0.39 is 5.97 Å². The summed E-state index contributed by atoms with van der Waals surface area (Å²) in [5.74, 6) is -0.912. The minimum Gasteiger partial charge on any atom is -0.462 e. The second kappa shape index (κ2) is 10.6. The van der Waals surface area contributed by atoms with Gasteiger partial charge in [-0.2, -0.15) is 5.10 Å². The van der Waals surface area contributed by atoms with Gasteiger partial charge in [0, 0.05) is 11.9 Å². The Morgan fingerprint density at radius 3 is 2.48 bits per heavy atom. The highest BCUT2D eigenvalue weighted by atomic mass is 32.2. The lowest BCUT2D eigenvalue weighted by Crippen LogP contribution is -2.36. The molecule has 29 heavy (non-hydrogen) atoms. The maximum atomic E-state index is 12.4. The van der Waals surface area contributed by atoms with Gasteiger partial charge < -0.3 is 15.4 Å². The molecule has 1 aromatic carbocycles. The molecular weight excluding hydrogens is 394 g/mol. The van der Waals surface area contributed by atoms with Gasteiger partial charge in [0.05, 0.1) is 31.6 Å². The van der Waals surface area contributed by atoms with Gasteiger partial charge in [0.15, 0.2) is 0 Å². The lowest BCUT2D eigenvalue weighted by molar-refractivity contribution is -0.119. The van der Waals surface area contributed by atoms with Crippen LogP contribution in [0.2, 0.25) is 0 Å². The second-order valence-electron chi connectivity index (χ2n) is 6.22. The minimum atomic E-state index is -0.559. The standard InChI is InChI=1S/C19H25N5O4S/c1-5-28-19(27)13-10-20-24(3)18(13)22-17(26)12-23(2)11-16(25)21-14-8-6-7-9-15(14)29-4/h6-10H,5,11-12H2,1-4H3,(H,21,25)(H,22,26). The first-order chi connectivity index (χ1) is 13.8. The molecule has 0 radical (unpaired) electrons. The van der Waals surface area contributed by atoms with Crippen LogP contribution in [-0.2, 0) is 21.4 Å². The van der Waals surface area contributed by atoms with Crippen LogP contribution in [0.3, 0.4) is 0 Å². The van der Waals surface area contributed by atoms with E-state index in [0.717, 1.165) is 10.6 Å². The van der Waals surface area contributed by atoms with E-state index in [1.165, 1.54) is 22.6 Å². The molecule has 0 saturated carbocycles. The first-order valence-electron chi connectivity index (χ1n) is 8.96. The van der Waals surface area contributed by atoms with Crippen LogP contribution in [0.5, 0.6) is 0 Å². The Bertz CT molecular complexity index is 883. The summed E-state index contributed by atoms with van der Waals surface area (Å²) in [6, 6.07) is 7.50. The number of carbonyl (C=O) groups is 3. The van der Waals surface area contributed by atoms with Crippen molar-refractivity contribution in [1.82, 2.24) is 14.7 Å². The van der Waals surface area contributed by atoms with Crippen LogP contribution in [-0.4, -0.2) is 65.5 Å². The molecule has 2 amide bonds. The van der Waals surface area contributed by atoms with Crippen molar-refractivity contribution in [1.29, 1.82) is 0 Å². The lowest BCUT2D eigenvalue weighted by Gasteiger charge is -2.17. The molecular formula is C19H25N5O4S. The predicted molar refractivity (Wildman–Crippen MR) is 112 cm³/mol. The maximum Gasteiger partial charge on any atom is 0.343 e. The van der Waals surface area contributed by atoms with Gasteiger partial charge in [-0.3, -0.25) is 19.2 Å². The molecule has 0 fully saturated rings. The number of aromatic nitrogens is 2. The lowest BCUT2D eigenvalue weighted by atomic mass is 10.3. The Morgan fingerprint density at radius 2 is 1.83 bits per heavy atom. The third-order valence-corrected chi connectivity index (χ3v) is 4.70. The van der Waals surface area contributed by atoms with Gasteiger partial charge in [0.2, 0.25) is 11.8 Å². The zero-order valence-electron chi connectivity index (χ0n) is 16.9. The quantitative estimate of drug-likeness (QED) is 0.472. The van der Waals surface area contributed by atoms with Crippen molar-refractivity contribution in [2.24, 2.45) is 7.05 Å². The zero-order chi connectivity index (χ0) is 21.4. The van der Waals surface area contributed by atoms with Crippen LogP contribution in [0.1, 0.15) is 17.3 Å². The molecule has 0 aliphatic heterocycles. The van der Waals surface area contributed by atoms with Crippen molar-refractivity contribution in [2.45, 2.75) is 11.8 Å². The van der Waals surface area contributed by atoms with Gasteiger partial charge in [-0.15, -0.1) is 11.8 Å². The summed E-state index contributed by atoms with van der Waals surface area (Å²) in [6.07, 6.45) is 3.28. The van der Waals surface area contributed by atoms with Crippen LogP contribution < -0.4 is 10.6 Å². The maximum absolute atomic E-state index is 12.4. The molecule has 0 bridgehead atoms. The van der Waals surface area contributed by atoms with Crippen molar-refractivity contribution in [3.05, 3.63) is 36.0 Å². The summed E-state index contributed by atoms with van der Waals surface area (Å²) < 4.78 is 6.35. The van der Waals surface area contributed by atoms with E-state index >= 15 is 0 Å². The molecule has 0 spiro atoms. The van der Waals surface area contributed by atoms with Crippen molar-refractivity contribution in [2.75, 3.05) is 43.6 Å². The molecule has 10 heteroatoms. The topological polar surface area (TPSA) is 106 Å². The number of rotatable bonds is 9. The van der Waals surface area contributed by atoms with Crippen LogP contribution in [0, 0.1) is 0 Å². The van der Waals surface area contributed by atoms with Gasteiger partial charge in [-0.1, -0.05) is 12.1 Å². The molecule has 2 N–H and O–H groups in total. The molecule has 0 aliphatic carbocycles. The third-order valence-electron chi connectivity index (χ3n) is 3.90. The van der Waals surface area contributed by atoms with Crippen LogP contribution in [0.25, 0.3) is 0 Å². The van der Waals surface area contributed by atoms with E-state index in [-0.39, 0.29) is 42.9 Å². The SMILES string of the molecule is CCOC(=O)c1cnn(C)c1NC(=O)CN(C)CC(=O)Nc1ccccc1SC. The number of esters is 1. The Morgan fingerprint density at radius 1 is 1.17 bits per heavy atom. The van der Waals surface area contributed by atoms with Gasteiger partial charge in [-0.05, 0) is 32.4 Å². The molecule has 2 aromatic rings. The summed E-state index contributed by atoms with van der Waals surface area (Å²) in [4.78, 5) is 39.2. The largest absolute Gasteiger partial charge is 0.462 e. The molecule has 1 aromatic heterocycles. The first-order valence-corrected chi connectivity index (χ1v) is 10.2. The molecule has 1 heterocycles. The normalized spacial score (nSPS) is 10.7. The number of ether oxygens (including phenoxy) is 1. The number of para-hydroxylation sites is 1. The molecule has 156 valence electrons. The van der Waals surface area contributed by atoms with E-state index in [1.54, 1.807) is 25.9 Å². The Kier molecular flexibility index (Phi) is 8.22. The van der Waals surface area contributed by atoms with Crippen molar-refractivity contribution in [3.63, 3.8) is 0 Å². The first kappa shape index (κ1) is 22.4. The van der Waals surface area contributed by atoms with Crippen LogP contribution >= 0.6 is 11.8 Å². The van der Waals surface area contributed by atoms with E-state index in [0.29, 0.717) is 0 Å². The number of thioether (sulfide) groups is 1. The van der Waals surface area contributed by atoms with E-state index in [4.69, 9.17) is 4.74 Å². The van der Waals surface area contributed by atoms with Crippen molar-refractivity contribution in [3.8, 4) is 0 Å². The van der Waals surface area contributed by atoms with Crippen molar-refractivity contribution < 1.29 is 19.1 Å². The molecule has 0 atom stereocenters. The molecule has 9 nitrogen and oxygen atoms in total. The summed E-state index contributed by atoms with van der Waals surface area (Å²) in [5.41, 5.74) is 0.911. The van der Waals surface area contributed by atoms with E-state index in [1.807, 2.05) is 30.5 Å². The summed E-state index contributed by atoms with van der Waals surface area (Å²) in [5, 5.41) is 9.49. The number of benzene rings is 1. The van der Waals surface area contributed by atoms with Crippen molar-refractivity contribution >= 4 is 41.1 Å². The number of hydrogen-bond donors (Lipinski definition) is 2. The zero-order valence-corrected chi connectivity index (χ0v) is 17.7. The Hall–Kier alpha value is -2.85. The van der Waals surface area contributed by atoms with Gasteiger partial charge >= 0.3 is 5.97 Å². The number of amides is 2. The predicted octanol–water partition coefficient (Wildman–Crippen LogP) is 1.83. The summed E-state index contributed by atoms with van der Waals surface area (Å²) in [6.45, 7) is 1.92. The number of likely N-dealkylation sites (N-methyl/N-ethyl adjacent to an activating group) is 1. The molecule has 0 aliphatic rings. The van der Waals surface area contributed by atoms with Gasteiger partial charge in [-0.25, -0.2) is 4.79 Å². The van der Waals surface area contributed by atoms with Gasteiger partial charge in [0.25, 0.3) is 0 Å². The highest BCUT2D eigenvalue weighted by Gasteiger charge is 2.20. The fraction of sp³-hybridized carbons (Fsp3) is 0.368. The third kappa shape index (κ3) is 6.33. The van der Waals surface area contributed by atoms with Gasteiger partial charge in [0.1, 0.15) is 11.4 Å². The number of nitrogens with zero attached hydrogens (tertiary/aromatic N) is 3. The molecule has 2 rings (SSSR count). The number of aryl methyl sites for hydroxylation is 1. The summed E-state index contributed by atoms with van der Waals surface area (Å²) >= 11 is 1.54. The smallest absolute Gasteiger partial charge is 0.343 e. The Labute approximate surface area is 173 Å². The van der Waals surface area contributed by atoms with E-state index in [2.05, 4.69) is 15.7 Å². The minimum absolute atomic E-state index is 0.0340. The molecule has 0 saturated heterocycles. The number of anilines is 2. The monoisotopic (exact) mass is 419 g/mol. The highest BCUT2D eigenvalue weighted by Crippen LogP contribution is 2.24. The average Bonchev–Trinajstić information content (AvgIpc) is 3.02. The number of carbonyl (C=O) groups excluding carboxylic acids is 3. The molecule has 0 unspecified atom stereocenters. The number of nitrogens with one attached hydrogen (secondary N) is 2. The highest BCUT2D eigenvalue weighted by molar-refractivity contribution is 7.98. The number of hydrogen-bond acceptors (Lipinski definition) is 7. The Balaban J connectivity index is 1.92.